The van der Waals surface area contributed by atoms with E-state index < -0.39 is 37.7 Å². The van der Waals surface area contributed by atoms with Crippen LogP contribution in [0.3, 0.4) is 0 Å². The zero-order valence-electron chi connectivity index (χ0n) is 12.4. The minimum atomic E-state index is -1.97. The Morgan fingerprint density at radius 1 is 0.923 bits per heavy atom. The van der Waals surface area contributed by atoms with Crippen LogP contribution in [0.5, 0.6) is 0 Å². The summed E-state index contributed by atoms with van der Waals surface area (Å²) in [5.41, 5.74) is 0.267. The largest absolute Gasteiger partial charge is 0.274 e. The molecule has 4 rings (SSSR count). The Bertz CT molecular complexity index is 924. The molecule has 0 aromatic heterocycles. The number of halogens is 6. The fraction of sp³-hybridized carbons (Fsp3) is 0.312. The summed E-state index contributed by atoms with van der Waals surface area (Å²) in [6.07, 6.45) is 0. The van der Waals surface area contributed by atoms with Gasteiger partial charge in [-0.05, 0) is 12.1 Å². The van der Waals surface area contributed by atoms with E-state index in [9.17, 15) is 14.9 Å². The predicted octanol–water partition coefficient (Wildman–Crippen LogP) is 4.51. The van der Waals surface area contributed by atoms with Crippen molar-refractivity contribution in [3.8, 4) is 6.07 Å². The molecule has 0 N–H and O–H groups in total. The van der Waals surface area contributed by atoms with E-state index >= 15 is 0 Å². The number of anilines is 1. The molecular weight excluding hydrogens is 465 g/mol. The van der Waals surface area contributed by atoms with Crippen molar-refractivity contribution in [3.63, 3.8) is 0 Å². The number of rotatable bonds is 1. The van der Waals surface area contributed by atoms with E-state index in [1.54, 1.807) is 12.1 Å². The van der Waals surface area contributed by atoms with Crippen LogP contribution in [0.25, 0.3) is 0 Å². The molecule has 3 aliphatic rings. The summed E-state index contributed by atoms with van der Waals surface area (Å²) in [4.78, 5) is 23.5. The Kier molecular flexibility index (Phi) is 3.91. The van der Waals surface area contributed by atoms with Crippen LogP contribution < -0.4 is 4.90 Å². The summed E-state index contributed by atoms with van der Waals surface area (Å²) in [6, 6.07) is 8.11. The van der Waals surface area contributed by atoms with E-state index in [0.717, 1.165) is 4.90 Å². The molecule has 1 aliphatic heterocycles. The van der Waals surface area contributed by atoms with Crippen molar-refractivity contribution in [2.24, 2.45) is 11.8 Å². The minimum Gasteiger partial charge on any atom is -0.274 e. The fourth-order valence-corrected chi connectivity index (χ4v) is 6.92. The molecule has 134 valence electrons. The highest BCUT2D eigenvalue weighted by Gasteiger charge is 2.87. The third-order valence-electron chi connectivity index (χ3n) is 5.17. The molecule has 1 aromatic carbocycles. The van der Waals surface area contributed by atoms with Crippen molar-refractivity contribution < 1.29 is 9.59 Å². The summed E-state index contributed by atoms with van der Waals surface area (Å²) < 4.78 is -1.97. The van der Waals surface area contributed by atoms with Gasteiger partial charge in [-0.2, -0.15) is 5.26 Å². The lowest BCUT2D eigenvalue weighted by Crippen LogP contribution is -2.50. The first-order valence-electron chi connectivity index (χ1n) is 7.25. The van der Waals surface area contributed by atoms with Gasteiger partial charge in [0.15, 0.2) is 4.33 Å². The topological polar surface area (TPSA) is 61.2 Å². The lowest BCUT2D eigenvalue weighted by Gasteiger charge is -2.34. The van der Waals surface area contributed by atoms with Gasteiger partial charge >= 0.3 is 0 Å². The second-order valence-corrected chi connectivity index (χ2v) is 9.50. The Labute approximate surface area is 178 Å². The first kappa shape index (κ1) is 18.7. The molecule has 0 spiro atoms. The Morgan fingerprint density at radius 2 is 1.38 bits per heavy atom. The van der Waals surface area contributed by atoms with E-state index in [0.29, 0.717) is 0 Å². The van der Waals surface area contributed by atoms with Gasteiger partial charge < -0.3 is 0 Å². The monoisotopic (exact) mass is 468 g/mol. The quantitative estimate of drug-likeness (QED) is 0.448. The number of allylic oxidation sites excluding steroid dienone is 2. The van der Waals surface area contributed by atoms with Gasteiger partial charge in [-0.15, -0.1) is 23.2 Å². The fourth-order valence-electron chi connectivity index (χ4n) is 4.00. The number of benzene rings is 1. The molecule has 2 fully saturated rings. The number of amides is 2. The average Bonchev–Trinajstić information content (AvgIpc) is 2.99. The molecule has 4 atom stereocenters. The zero-order valence-corrected chi connectivity index (χ0v) is 17.0. The third kappa shape index (κ3) is 1.72. The summed E-state index contributed by atoms with van der Waals surface area (Å²) in [5, 5.41) is 8.99. The van der Waals surface area contributed by atoms with Crippen molar-refractivity contribution in [2.75, 3.05) is 4.90 Å². The molecule has 1 saturated carbocycles. The number of para-hydroxylation sites is 1. The molecule has 0 unspecified atom stereocenters. The first-order valence-corrected chi connectivity index (χ1v) is 9.52. The van der Waals surface area contributed by atoms with Gasteiger partial charge in [0.25, 0.3) is 0 Å². The SMILES string of the molecule is N#Cc1ccccc1N1C(=O)[C@@H]2[C@@H](C1=O)[C@]1(Cl)C(Cl)=C(Cl)[C@]2(Cl)C1(Cl)Cl. The number of hydrogen-bond acceptors (Lipinski definition) is 3. The van der Waals surface area contributed by atoms with Crippen LogP contribution in [0, 0.1) is 23.2 Å². The van der Waals surface area contributed by atoms with Crippen LogP contribution in [-0.2, 0) is 9.59 Å². The van der Waals surface area contributed by atoms with E-state index in [2.05, 4.69) is 0 Å². The van der Waals surface area contributed by atoms with Crippen LogP contribution in [0.1, 0.15) is 5.56 Å². The molecule has 2 bridgehead atoms. The number of carbonyl (C=O) groups is 2. The van der Waals surface area contributed by atoms with Crippen LogP contribution in [-0.4, -0.2) is 25.9 Å². The average molecular weight is 471 g/mol. The van der Waals surface area contributed by atoms with E-state index in [4.69, 9.17) is 69.6 Å². The van der Waals surface area contributed by atoms with E-state index in [1.807, 2.05) is 6.07 Å². The van der Waals surface area contributed by atoms with Crippen LogP contribution in [0.4, 0.5) is 5.69 Å². The summed E-state index contributed by atoms with van der Waals surface area (Å²) in [7, 11) is 0. The third-order valence-corrected chi connectivity index (χ3v) is 9.43. The minimum absolute atomic E-state index is 0.126. The van der Waals surface area contributed by atoms with Gasteiger partial charge in [-0.25, -0.2) is 4.90 Å². The van der Waals surface area contributed by atoms with Gasteiger partial charge in [0.2, 0.25) is 11.8 Å². The molecular formula is C16H6Cl6N2O2. The highest BCUT2D eigenvalue weighted by Crippen LogP contribution is 2.77. The number of imide groups is 1. The van der Waals surface area contributed by atoms with E-state index in [1.165, 1.54) is 12.1 Å². The molecule has 10 heteroatoms. The van der Waals surface area contributed by atoms with Gasteiger partial charge in [-0.3, -0.25) is 9.59 Å². The van der Waals surface area contributed by atoms with Crippen molar-refractivity contribution >= 4 is 87.1 Å². The summed E-state index contributed by atoms with van der Waals surface area (Å²) in [6.45, 7) is 0. The highest BCUT2D eigenvalue weighted by atomic mass is 35.5. The van der Waals surface area contributed by atoms with Crippen LogP contribution in [0.15, 0.2) is 34.3 Å². The van der Waals surface area contributed by atoms with Crippen molar-refractivity contribution in [2.45, 2.75) is 14.1 Å². The van der Waals surface area contributed by atoms with Crippen LogP contribution in [0.2, 0.25) is 0 Å². The standard InChI is InChI=1S/C16H6Cl6N2O2/c17-10-11(18)15(20)9-8(14(10,19)16(15,21)22)12(25)24(13(9)26)7-4-2-1-3-6(7)5-23/h1-4,8-9H/t8-,9-,14-,15-/m0/s1. The van der Waals surface area contributed by atoms with Crippen molar-refractivity contribution in [3.05, 3.63) is 39.9 Å². The number of nitrogens with zero attached hydrogens (tertiary/aromatic N) is 2. The Balaban J connectivity index is 1.94. The van der Waals surface area contributed by atoms with Gasteiger partial charge in [0.1, 0.15) is 15.8 Å². The first-order chi connectivity index (χ1) is 12.1. The maximum atomic E-state index is 13.2. The lowest BCUT2D eigenvalue weighted by molar-refractivity contribution is -0.123. The van der Waals surface area contributed by atoms with E-state index in [-0.39, 0.29) is 21.3 Å². The highest BCUT2D eigenvalue weighted by molar-refractivity contribution is 6.67. The maximum Gasteiger partial charge on any atom is 0.240 e. The van der Waals surface area contributed by atoms with Crippen molar-refractivity contribution in [1.82, 2.24) is 0 Å². The molecule has 2 amide bonds. The molecule has 1 saturated heterocycles. The summed E-state index contributed by atoms with van der Waals surface area (Å²) >= 11 is 38.5. The number of fused-ring (bicyclic) bond motifs is 5. The normalized spacial score (nSPS) is 37.3. The van der Waals surface area contributed by atoms with Crippen LogP contribution >= 0.6 is 69.6 Å². The Morgan fingerprint density at radius 3 is 1.85 bits per heavy atom. The molecule has 1 heterocycles. The molecule has 4 nitrogen and oxygen atoms in total. The second kappa shape index (κ2) is 5.44. The van der Waals surface area contributed by atoms with Gasteiger partial charge in [-0.1, -0.05) is 58.5 Å². The number of alkyl halides is 4. The van der Waals surface area contributed by atoms with Crippen molar-refractivity contribution in [1.29, 1.82) is 5.26 Å². The zero-order chi connectivity index (χ0) is 19.2. The molecule has 0 radical (unpaired) electrons. The maximum absolute atomic E-state index is 13.2. The smallest absolute Gasteiger partial charge is 0.240 e. The number of carbonyl (C=O) groups excluding carboxylic acids is 2. The molecule has 1 aromatic rings. The second-order valence-electron chi connectivity index (χ2n) is 6.22. The van der Waals surface area contributed by atoms with Gasteiger partial charge in [0.05, 0.1) is 33.2 Å². The lowest BCUT2D eigenvalue weighted by atomic mass is 9.84. The number of hydrogen-bond donors (Lipinski definition) is 0. The molecule has 2 aliphatic carbocycles. The van der Waals surface area contributed by atoms with Gasteiger partial charge in [0, 0.05) is 0 Å². The Hall–Kier alpha value is -0.670. The number of nitriles is 1. The predicted molar refractivity (Wildman–Crippen MR) is 101 cm³/mol. The molecule has 26 heavy (non-hydrogen) atoms. The summed E-state index contributed by atoms with van der Waals surface area (Å²) in [5.74, 6) is -3.81.